The summed E-state index contributed by atoms with van der Waals surface area (Å²) in [5.41, 5.74) is 4.99. The molecule has 0 aromatic heterocycles. The number of rotatable bonds is 4. The SMILES string of the molecule is Cc1ccccc1C(=S)c1ccc(Nc2cccc(F)c2C)cc1Cl. The minimum atomic E-state index is -0.242. The van der Waals surface area contributed by atoms with Crippen LogP contribution in [0.15, 0.2) is 60.7 Å². The van der Waals surface area contributed by atoms with Crippen LogP contribution in [0.2, 0.25) is 5.02 Å². The van der Waals surface area contributed by atoms with Gasteiger partial charge in [-0.2, -0.15) is 0 Å². The summed E-state index contributed by atoms with van der Waals surface area (Å²) in [5.74, 6) is -0.242. The maximum absolute atomic E-state index is 13.7. The summed E-state index contributed by atoms with van der Waals surface area (Å²) < 4.78 is 13.7. The van der Waals surface area contributed by atoms with Crippen LogP contribution in [0.3, 0.4) is 0 Å². The molecule has 0 radical (unpaired) electrons. The second kappa shape index (κ2) is 7.34. The number of halogens is 2. The maximum atomic E-state index is 13.7. The smallest absolute Gasteiger partial charge is 0.128 e. The molecule has 0 aliphatic rings. The number of nitrogens with one attached hydrogen (secondary N) is 1. The highest BCUT2D eigenvalue weighted by molar-refractivity contribution is 7.81. The van der Waals surface area contributed by atoms with Gasteiger partial charge in [0.1, 0.15) is 5.82 Å². The Morgan fingerprint density at radius 2 is 1.72 bits per heavy atom. The van der Waals surface area contributed by atoms with Crippen LogP contribution in [-0.2, 0) is 0 Å². The topological polar surface area (TPSA) is 12.0 Å². The van der Waals surface area contributed by atoms with Gasteiger partial charge in [-0.05, 0) is 55.3 Å². The summed E-state index contributed by atoms with van der Waals surface area (Å²) in [6.07, 6.45) is 0. The van der Waals surface area contributed by atoms with Crippen molar-refractivity contribution in [2.75, 3.05) is 5.32 Å². The number of anilines is 2. The van der Waals surface area contributed by atoms with Gasteiger partial charge >= 0.3 is 0 Å². The van der Waals surface area contributed by atoms with Crippen molar-refractivity contribution in [3.8, 4) is 0 Å². The Morgan fingerprint density at radius 3 is 2.44 bits per heavy atom. The second-order valence-corrected chi connectivity index (χ2v) is 6.69. The lowest BCUT2D eigenvalue weighted by atomic mass is 10.00. The van der Waals surface area contributed by atoms with Gasteiger partial charge in [0.05, 0.1) is 9.89 Å². The average Bonchev–Trinajstić information content (AvgIpc) is 2.59. The van der Waals surface area contributed by atoms with Gasteiger partial charge in [-0.1, -0.05) is 54.2 Å². The van der Waals surface area contributed by atoms with Crippen molar-refractivity contribution in [2.45, 2.75) is 13.8 Å². The van der Waals surface area contributed by atoms with E-state index in [2.05, 4.69) is 5.32 Å². The first-order valence-corrected chi connectivity index (χ1v) is 8.68. The van der Waals surface area contributed by atoms with Crippen molar-refractivity contribution in [3.63, 3.8) is 0 Å². The number of benzene rings is 3. The van der Waals surface area contributed by atoms with Crippen LogP contribution in [0.4, 0.5) is 15.8 Å². The van der Waals surface area contributed by atoms with Crippen LogP contribution in [-0.4, -0.2) is 4.86 Å². The molecule has 0 heterocycles. The normalized spacial score (nSPS) is 10.6. The molecule has 3 rings (SSSR count). The summed E-state index contributed by atoms with van der Waals surface area (Å²) in [5, 5.41) is 3.77. The first-order valence-electron chi connectivity index (χ1n) is 7.89. The summed E-state index contributed by atoms with van der Waals surface area (Å²) >= 11 is 12.1. The molecule has 0 aliphatic carbocycles. The van der Waals surface area contributed by atoms with E-state index >= 15 is 0 Å². The van der Waals surface area contributed by atoms with E-state index in [0.717, 1.165) is 27.2 Å². The molecule has 0 spiro atoms. The third-order valence-corrected chi connectivity index (χ3v) is 4.90. The van der Waals surface area contributed by atoms with E-state index in [-0.39, 0.29) is 5.82 Å². The van der Waals surface area contributed by atoms with Gasteiger partial charge in [0.15, 0.2) is 0 Å². The molecule has 4 heteroatoms. The predicted molar refractivity (Wildman–Crippen MR) is 108 cm³/mol. The van der Waals surface area contributed by atoms with Gasteiger partial charge in [-0.25, -0.2) is 4.39 Å². The van der Waals surface area contributed by atoms with E-state index in [1.54, 1.807) is 13.0 Å². The van der Waals surface area contributed by atoms with E-state index < -0.39 is 0 Å². The zero-order chi connectivity index (χ0) is 18.0. The van der Waals surface area contributed by atoms with Crippen molar-refractivity contribution in [3.05, 3.63) is 93.8 Å². The molecule has 0 saturated heterocycles. The average molecular weight is 370 g/mol. The highest BCUT2D eigenvalue weighted by Gasteiger charge is 2.12. The van der Waals surface area contributed by atoms with Crippen LogP contribution in [0.5, 0.6) is 0 Å². The Kier molecular flexibility index (Phi) is 5.16. The fourth-order valence-corrected chi connectivity index (χ4v) is 3.39. The van der Waals surface area contributed by atoms with Crippen molar-refractivity contribution in [1.82, 2.24) is 0 Å². The maximum Gasteiger partial charge on any atom is 0.128 e. The highest BCUT2D eigenvalue weighted by Crippen LogP contribution is 2.28. The van der Waals surface area contributed by atoms with Crippen molar-refractivity contribution in [2.24, 2.45) is 0 Å². The molecule has 0 unspecified atom stereocenters. The Hall–Kier alpha value is -2.23. The van der Waals surface area contributed by atoms with E-state index in [0.29, 0.717) is 16.3 Å². The Morgan fingerprint density at radius 1 is 0.960 bits per heavy atom. The molecular weight excluding hydrogens is 353 g/mol. The quantitative estimate of drug-likeness (QED) is 0.410. The first kappa shape index (κ1) is 17.6. The van der Waals surface area contributed by atoms with Crippen LogP contribution in [0, 0.1) is 19.7 Å². The van der Waals surface area contributed by atoms with E-state index in [4.69, 9.17) is 23.8 Å². The molecule has 0 bridgehead atoms. The lowest BCUT2D eigenvalue weighted by Gasteiger charge is -2.13. The minimum absolute atomic E-state index is 0.242. The molecule has 126 valence electrons. The number of hydrogen-bond donors (Lipinski definition) is 1. The standard InChI is InChI=1S/C21H17ClFNS/c1-13-6-3-4-7-16(13)21(25)17-11-10-15(12-18(17)22)24-20-9-5-8-19(23)14(20)2/h3-12,24H,1-2H3. The molecule has 0 fully saturated rings. The molecule has 0 atom stereocenters. The molecule has 1 N–H and O–H groups in total. The monoisotopic (exact) mass is 369 g/mol. The Bertz CT molecular complexity index is 952. The van der Waals surface area contributed by atoms with E-state index in [9.17, 15) is 4.39 Å². The van der Waals surface area contributed by atoms with Crippen molar-refractivity contribution < 1.29 is 4.39 Å². The summed E-state index contributed by atoms with van der Waals surface area (Å²) in [4.78, 5) is 0.719. The largest absolute Gasteiger partial charge is 0.355 e. The molecule has 0 aliphatic heterocycles. The summed E-state index contributed by atoms with van der Waals surface area (Å²) in [6.45, 7) is 3.76. The number of hydrogen-bond acceptors (Lipinski definition) is 2. The third kappa shape index (κ3) is 3.73. The predicted octanol–water partition coefficient (Wildman–Crippen LogP) is 6.61. The van der Waals surface area contributed by atoms with Gasteiger partial charge in [0, 0.05) is 22.5 Å². The first-order chi connectivity index (χ1) is 12.0. The van der Waals surface area contributed by atoms with Gasteiger partial charge in [-0.3, -0.25) is 0 Å². The Balaban J connectivity index is 1.90. The molecule has 0 saturated carbocycles. The lowest BCUT2D eigenvalue weighted by molar-refractivity contribution is 0.619. The number of aryl methyl sites for hydroxylation is 1. The highest BCUT2D eigenvalue weighted by atomic mass is 35.5. The van der Waals surface area contributed by atoms with Crippen LogP contribution in [0.25, 0.3) is 0 Å². The minimum Gasteiger partial charge on any atom is -0.355 e. The zero-order valence-electron chi connectivity index (χ0n) is 13.9. The van der Waals surface area contributed by atoms with Gasteiger partial charge in [-0.15, -0.1) is 0 Å². The van der Waals surface area contributed by atoms with E-state index in [1.807, 2.05) is 55.5 Å². The van der Waals surface area contributed by atoms with Crippen LogP contribution >= 0.6 is 23.8 Å². The molecule has 3 aromatic carbocycles. The summed E-state index contributed by atoms with van der Waals surface area (Å²) in [7, 11) is 0. The Labute approximate surface area is 157 Å². The summed E-state index contributed by atoms with van der Waals surface area (Å²) in [6, 6.07) is 18.5. The molecule has 25 heavy (non-hydrogen) atoms. The third-order valence-electron chi connectivity index (χ3n) is 4.15. The van der Waals surface area contributed by atoms with Gasteiger partial charge in [0.25, 0.3) is 0 Å². The number of thiocarbonyl (C=S) groups is 1. The fourth-order valence-electron chi connectivity index (χ4n) is 2.65. The van der Waals surface area contributed by atoms with Crippen LogP contribution in [0.1, 0.15) is 22.3 Å². The molecule has 3 aromatic rings. The molecule has 0 amide bonds. The lowest BCUT2D eigenvalue weighted by Crippen LogP contribution is -2.03. The second-order valence-electron chi connectivity index (χ2n) is 5.88. The van der Waals surface area contributed by atoms with E-state index in [1.165, 1.54) is 6.07 Å². The van der Waals surface area contributed by atoms with Crippen LogP contribution < -0.4 is 5.32 Å². The fraction of sp³-hybridized carbons (Fsp3) is 0.0952. The molecular formula is C21H17ClFNS. The van der Waals surface area contributed by atoms with Gasteiger partial charge in [0.2, 0.25) is 0 Å². The van der Waals surface area contributed by atoms with Crippen molar-refractivity contribution in [1.29, 1.82) is 0 Å². The molecule has 1 nitrogen and oxygen atoms in total. The van der Waals surface area contributed by atoms with Crippen molar-refractivity contribution >= 4 is 40.1 Å². The zero-order valence-corrected chi connectivity index (χ0v) is 15.5. The van der Waals surface area contributed by atoms with Gasteiger partial charge < -0.3 is 5.32 Å².